The molecule has 1 saturated carbocycles. The summed E-state index contributed by atoms with van der Waals surface area (Å²) in [7, 11) is 1.86. The number of hydrogen-bond donors (Lipinski definition) is 2. The molecule has 5 heteroatoms. The molecule has 0 saturated heterocycles. The molecule has 0 atom stereocenters. The fraction of sp³-hybridized carbons (Fsp3) is 0.750. The third-order valence-electron chi connectivity index (χ3n) is 2.61. The van der Waals surface area contributed by atoms with Crippen molar-refractivity contribution < 1.29 is 5.11 Å². The normalized spacial score (nSPS) is 18.9. The van der Waals surface area contributed by atoms with Crippen LogP contribution < -0.4 is 5.32 Å². The maximum atomic E-state index is 9.05. The summed E-state index contributed by atoms with van der Waals surface area (Å²) in [6, 6.07) is 0. The second-order valence-electron chi connectivity index (χ2n) is 3.64. The Hall–Kier alpha value is -0.940. The van der Waals surface area contributed by atoms with Gasteiger partial charge >= 0.3 is 0 Å². The highest BCUT2D eigenvalue weighted by Gasteiger charge is 2.41. The summed E-state index contributed by atoms with van der Waals surface area (Å²) < 4.78 is 1.74. The lowest BCUT2D eigenvalue weighted by molar-refractivity contribution is 0.229. The molecule has 72 valence electrons. The van der Waals surface area contributed by atoms with Crippen LogP contribution in [0.5, 0.6) is 0 Å². The molecule has 1 aliphatic carbocycles. The van der Waals surface area contributed by atoms with Gasteiger partial charge in [-0.05, 0) is 12.8 Å². The van der Waals surface area contributed by atoms with Crippen LogP contribution in [0.25, 0.3) is 0 Å². The number of rotatable bonds is 4. The van der Waals surface area contributed by atoms with E-state index in [1.165, 1.54) is 0 Å². The number of aliphatic hydroxyl groups excluding tert-OH is 1. The molecule has 0 aromatic carbocycles. The van der Waals surface area contributed by atoms with Gasteiger partial charge in [0.2, 0.25) is 0 Å². The van der Waals surface area contributed by atoms with Crippen molar-refractivity contribution in [2.24, 2.45) is 7.05 Å². The summed E-state index contributed by atoms with van der Waals surface area (Å²) in [5.74, 6) is 0. The average molecular weight is 182 g/mol. The standard InChI is InChI=1S/C8H14N4O/c1-12-7(5-10-11-12)4-9-8(6-13)2-3-8/h5,9,13H,2-4,6H2,1H3. The molecule has 0 spiro atoms. The second-order valence-corrected chi connectivity index (χ2v) is 3.64. The van der Waals surface area contributed by atoms with E-state index in [0.717, 1.165) is 25.1 Å². The summed E-state index contributed by atoms with van der Waals surface area (Å²) in [5.41, 5.74) is 1.03. The molecule has 1 aliphatic rings. The molecule has 0 unspecified atom stereocenters. The van der Waals surface area contributed by atoms with Crippen LogP contribution >= 0.6 is 0 Å². The Balaban J connectivity index is 1.90. The molecule has 1 aromatic rings. The van der Waals surface area contributed by atoms with Crippen LogP contribution in [0.2, 0.25) is 0 Å². The van der Waals surface area contributed by atoms with Crippen molar-refractivity contribution in [3.8, 4) is 0 Å². The van der Waals surface area contributed by atoms with Crippen LogP contribution in [0.3, 0.4) is 0 Å². The van der Waals surface area contributed by atoms with Crippen LogP contribution in [0.1, 0.15) is 18.5 Å². The minimum absolute atomic E-state index is 0.00965. The first kappa shape index (κ1) is 8.65. The van der Waals surface area contributed by atoms with Gasteiger partial charge in [0, 0.05) is 19.1 Å². The van der Waals surface area contributed by atoms with Gasteiger partial charge in [0.05, 0.1) is 18.5 Å². The number of hydrogen-bond acceptors (Lipinski definition) is 4. The van der Waals surface area contributed by atoms with Crippen LogP contribution in [0.4, 0.5) is 0 Å². The van der Waals surface area contributed by atoms with E-state index in [9.17, 15) is 0 Å². The lowest BCUT2D eigenvalue weighted by atomic mass is 10.3. The smallest absolute Gasteiger partial charge is 0.0738 e. The highest BCUT2D eigenvalue weighted by atomic mass is 16.3. The average Bonchev–Trinajstić information content (AvgIpc) is 2.82. The molecule has 2 N–H and O–H groups in total. The lowest BCUT2D eigenvalue weighted by Crippen LogP contribution is -2.34. The first-order valence-corrected chi connectivity index (χ1v) is 4.45. The molecular weight excluding hydrogens is 168 g/mol. The highest BCUT2D eigenvalue weighted by molar-refractivity contribution is 5.04. The minimum Gasteiger partial charge on any atom is -0.394 e. The van der Waals surface area contributed by atoms with Gasteiger partial charge in [0.25, 0.3) is 0 Å². The van der Waals surface area contributed by atoms with Crippen LogP contribution in [0.15, 0.2) is 6.20 Å². The summed E-state index contributed by atoms with van der Waals surface area (Å²) in [6.45, 7) is 0.947. The van der Waals surface area contributed by atoms with Gasteiger partial charge in [0.1, 0.15) is 0 Å². The van der Waals surface area contributed by atoms with E-state index >= 15 is 0 Å². The zero-order chi connectivity index (χ0) is 9.31. The molecule has 1 aromatic heterocycles. The zero-order valence-electron chi connectivity index (χ0n) is 7.69. The van der Waals surface area contributed by atoms with Crippen molar-refractivity contribution >= 4 is 0 Å². The third-order valence-corrected chi connectivity index (χ3v) is 2.61. The van der Waals surface area contributed by atoms with Crippen molar-refractivity contribution in [1.82, 2.24) is 20.3 Å². The van der Waals surface area contributed by atoms with Crippen LogP contribution in [-0.4, -0.2) is 32.2 Å². The Kier molecular flexibility index (Phi) is 2.05. The van der Waals surface area contributed by atoms with E-state index in [-0.39, 0.29) is 12.1 Å². The molecule has 2 rings (SSSR count). The number of aliphatic hydroxyl groups is 1. The van der Waals surface area contributed by atoms with Gasteiger partial charge in [-0.1, -0.05) is 5.21 Å². The van der Waals surface area contributed by atoms with E-state index in [1.54, 1.807) is 10.9 Å². The van der Waals surface area contributed by atoms with E-state index in [0.29, 0.717) is 0 Å². The Labute approximate surface area is 76.8 Å². The van der Waals surface area contributed by atoms with Gasteiger partial charge in [-0.2, -0.15) is 0 Å². The van der Waals surface area contributed by atoms with Gasteiger partial charge in [-0.15, -0.1) is 5.10 Å². The fourth-order valence-electron chi connectivity index (χ4n) is 1.29. The molecule has 13 heavy (non-hydrogen) atoms. The van der Waals surface area contributed by atoms with Crippen molar-refractivity contribution in [1.29, 1.82) is 0 Å². The summed E-state index contributed by atoms with van der Waals surface area (Å²) in [4.78, 5) is 0. The molecule has 1 heterocycles. The van der Waals surface area contributed by atoms with Gasteiger partial charge in [0.15, 0.2) is 0 Å². The second kappa shape index (κ2) is 3.08. The number of nitrogens with zero attached hydrogens (tertiary/aromatic N) is 3. The Bertz CT molecular complexity index is 292. The van der Waals surface area contributed by atoms with Crippen molar-refractivity contribution in [2.45, 2.75) is 24.9 Å². The van der Waals surface area contributed by atoms with E-state index in [4.69, 9.17) is 5.11 Å². The largest absolute Gasteiger partial charge is 0.394 e. The van der Waals surface area contributed by atoms with Gasteiger partial charge in [-0.25, -0.2) is 0 Å². The Morgan fingerprint density at radius 1 is 1.69 bits per heavy atom. The summed E-state index contributed by atoms with van der Waals surface area (Å²) in [6.07, 6.45) is 3.87. The Morgan fingerprint density at radius 3 is 2.92 bits per heavy atom. The quantitative estimate of drug-likeness (QED) is 0.654. The van der Waals surface area contributed by atoms with Crippen molar-refractivity contribution in [3.63, 3.8) is 0 Å². The van der Waals surface area contributed by atoms with Crippen LogP contribution in [0, 0.1) is 0 Å². The van der Waals surface area contributed by atoms with E-state index < -0.39 is 0 Å². The highest BCUT2D eigenvalue weighted by Crippen LogP contribution is 2.34. The van der Waals surface area contributed by atoms with Crippen molar-refractivity contribution in [2.75, 3.05) is 6.61 Å². The Morgan fingerprint density at radius 2 is 2.46 bits per heavy atom. The maximum Gasteiger partial charge on any atom is 0.0738 e. The number of aromatic nitrogens is 3. The van der Waals surface area contributed by atoms with E-state index in [2.05, 4.69) is 15.6 Å². The molecule has 0 radical (unpaired) electrons. The predicted octanol–water partition coefficient (Wildman–Crippen LogP) is -0.570. The molecule has 1 fully saturated rings. The minimum atomic E-state index is -0.00965. The third kappa shape index (κ3) is 1.71. The SMILES string of the molecule is Cn1nncc1CNC1(CO)CC1. The first-order valence-electron chi connectivity index (χ1n) is 4.45. The van der Waals surface area contributed by atoms with E-state index in [1.807, 2.05) is 7.05 Å². The number of aryl methyl sites for hydroxylation is 1. The summed E-state index contributed by atoms with van der Waals surface area (Å²) in [5, 5.41) is 20.0. The summed E-state index contributed by atoms with van der Waals surface area (Å²) >= 11 is 0. The molecule has 0 amide bonds. The maximum absolute atomic E-state index is 9.05. The molecule has 0 aliphatic heterocycles. The monoisotopic (exact) mass is 182 g/mol. The molecule has 5 nitrogen and oxygen atoms in total. The first-order chi connectivity index (χ1) is 6.26. The predicted molar refractivity (Wildman–Crippen MR) is 46.9 cm³/mol. The fourth-order valence-corrected chi connectivity index (χ4v) is 1.29. The lowest BCUT2D eigenvalue weighted by Gasteiger charge is -2.13. The topological polar surface area (TPSA) is 63.0 Å². The number of nitrogens with one attached hydrogen (secondary N) is 1. The molecular formula is C8H14N4O. The van der Waals surface area contributed by atoms with Gasteiger partial charge in [-0.3, -0.25) is 4.68 Å². The van der Waals surface area contributed by atoms with Gasteiger partial charge < -0.3 is 10.4 Å². The zero-order valence-corrected chi connectivity index (χ0v) is 7.69. The van der Waals surface area contributed by atoms with Crippen LogP contribution in [-0.2, 0) is 13.6 Å². The molecule has 0 bridgehead atoms. The van der Waals surface area contributed by atoms with Crippen molar-refractivity contribution in [3.05, 3.63) is 11.9 Å².